The molecule has 1 amide bonds. The molecule has 2 aromatic rings. The van der Waals surface area contributed by atoms with Crippen LogP contribution in [-0.4, -0.2) is 35.2 Å². The summed E-state index contributed by atoms with van der Waals surface area (Å²) >= 11 is 0. The number of hydrogen-bond acceptors (Lipinski definition) is 5. The van der Waals surface area contributed by atoms with Gasteiger partial charge in [0.15, 0.2) is 0 Å². The second-order valence-electron chi connectivity index (χ2n) is 4.20. The van der Waals surface area contributed by atoms with Crippen LogP contribution in [0.25, 0.3) is 0 Å². The van der Waals surface area contributed by atoms with Gasteiger partial charge in [0.05, 0.1) is 13.4 Å². The molecule has 7 nitrogen and oxygen atoms in total. The molecule has 2 rings (SSSR count). The number of aromatic nitrogens is 2. The van der Waals surface area contributed by atoms with E-state index >= 15 is 0 Å². The number of carbonyl (C=O) groups excluding carboxylic acids is 2. The summed E-state index contributed by atoms with van der Waals surface area (Å²) in [6.45, 7) is 0. The highest BCUT2D eigenvalue weighted by molar-refractivity contribution is 5.82. The molecule has 0 unspecified atom stereocenters. The first-order chi connectivity index (χ1) is 10.2. The van der Waals surface area contributed by atoms with Crippen molar-refractivity contribution in [2.24, 2.45) is 0 Å². The van der Waals surface area contributed by atoms with Crippen molar-refractivity contribution in [2.75, 3.05) is 7.11 Å². The second kappa shape index (κ2) is 7.09. The Morgan fingerprint density at radius 3 is 2.71 bits per heavy atom. The summed E-state index contributed by atoms with van der Waals surface area (Å²) in [4.78, 5) is 30.2. The Morgan fingerprint density at radius 2 is 2.10 bits per heavy atom. The number of nitrogens with zero attached hydrogens (tertiary/aromatic N) is 1. The van der Waals surface area contributed by atoms with E-state index in [9.17, 15) is 9.59 Å². The third-order valence-corrected chi connectivity index (χ3v) is 2.71. The van der Waals surface area contributed by atoms with Gasteiger partial charge >= 0.3 is 12.1 Å². The number of esters is 1. The quantitative estimate of drug-likeness (QED) is 0.809. The lowest BCUT2D eigenvalue weighted by molar-refractivity contribution is -0.142. The standard InChI is InChI=1S/C14H15N3O4/c1-20-13(18)12(7-10-8-15-9-16-10)17-14(19)21-11-5-3-2-4-6-11/h2-6,8-9,12H,7H2,1H3,(H,15,16)(H,17,19)/t12-/m0/s1. The zero-order valence-corrected chi connectivity index (χ0v) is 11.4. The predicted molar refractivity (Wildman–Crippen MR) is 73.7 cm³/mol. The molecule has 0 spiro atoms. The first-order valence-corrected chi connectivity index (χ1v) is 6.27. The molecular weight excluding hydrogens is 274 g/mol. The molecule has 110 valence electrons. The van der Waals surface area contributed by atoms with Crippen LogP contribution in [0.15, 0.2) is 42.9 Å². The molecule has 1 aromatic heterocycles. The Morgan fingerprint density at radius 1 is 1.33 bits per heavy atom. The van der Waals surface area contributed by atoms with Gasteiger partial charge in [0.25, 0.3) is 0 Å². The van der Waals surface area contributed by atoms with Crippen molar-refractivity contribution in [3.8, 4) is 5.75 Å². The number of ether oxygens (including phenoxy) is 2. The van der Waals surface area contributed by atoms with Crippen molar-refractivity contribution in [1.29, 1.82) is 0 Å². The van der Waals surface area contributed by atoms with E-state index in [1.807, 2.05) is 0 Å². The Labute approximate surface area is 121 Å². The van der Waals surface area contributed by atoms with E-state index < -0.39 is 18.1 Å². The van der Waals surface area contributed by atoms with E-state index in [4.69, 9.17) is 4.74 Å². The molecule has 21 heavy (non-hydrogen) atoms. The van der Waals surface area contributed by atoms with Gasteiger partial charge in [-0.2, -0.15) is 0 Å². The Bertz CT molecular complexity index is 584. The molecule has 0 bridgehead atoms. The van der Waals surface area contributed by atoms with E-state index in [0.29, 0.717) is 11.4 Å². The third kappa shape index (κ3) is 4.34. The molecule has 0 aliphatic heterocycles. The van der Waals surface area contributed by atoms with Crippen LogP contribution in [0, 0.1) is 0 Å². The lowest BCUT2D eigenvalue weighted by atomic mass is 10.2. The number of methoxy groups -OCH3 is 1. The van der Waals surface area contributed by atoms with Gasteiger partial charge in [0, 0.05) is 18.3 Å². The van der Waals surface area contributed by atoms with Crippen LogP contribution in [0.2, 0.25) is 0 Å². The van der Waals surface area contributed by atoms with Crippen molar-refractivity contribution in [1.82, 2.24) is 15.3 Å². The van der Waals surface area contributed by atoms with Gasteiger partial charge in [0.2, 0.25) is 0 Å². The zero-order valence-electron chi connectivity index (χ0n) is 11.4. The smallest absolute Gasteiger partial charge is 0.413 e. The average Bonchev–Trinajstić information content (AvgIpc) is 2.99. The molecule has 1 aromatic carbocycles. The van der Waals surface area contributed by atoms with Gasteiger partial charge < -0.3 is 19.8 Å². The van der Waals surface area contributed by atoms with E-state index in [2.05, 4.69) is 20.0 Å². The van der Waals surface area contributed by atoms with Gasteiger partial charge in [0.1, 0.15) is 11.8 Å². The Hall–Kier alpha value is -2.83. The molecule has 2 N–H and O–H groups in total. The highest BCUT2D eigenvalue weighted by atomic mass is 16.6. The average molecular weight is 289 g/mol. The van der Waals surface area contributed by atoms with E-state index in [1.165, 1.54) is 13.4 Å². The summed E-state index contributed by atoms with van der Waals surface area (Å²) in [5.41, 5.74) is 0.699. The topological polar surface area (TPSA) is 93.3 Å². The van der Waals surface area contributed by atoms with Gasteiger partial charge in [-0.05, 0) is 12.1 Å². The van der Waals surface area contributed by atoms with Gasteiger partial charge in [-0.1, -0.05) is 18.2 Å². The largest absolute Gasteiger partial charge is 0.467 e. The Balaban J connectivity index is 1.97. The molecule has 0 aliphatic carbocycles. The van der Waals surface area contributed by atoms with Crippen molar-refractivity contribution in [2.45, 2.75) is 12.5 Å². The highest BCUT2D eigenvalue weighted by Gasteiger charge is 2.23. The van der Waals surface area contributed by atoms with E-state index in [-0.39, 0.29) is 6.42 Å². The fourth-order valence-electron chi connectivity index (χ4n) is 1.72. The minimum absolute atomic E-state index is 0.233. The number of imidazole rings is 1. The maximum Gasteiger partial charge on any atom is 0.413 e. The molecule has 0 fully saturated rings. The number of H-pyrrole nitrogens is 1. The summed E-state index contributed by atoms with van der Waals surface area (Å²) in [6, 6.07) is 7.71. The zero-order chi connectivity index (χ0) is 15.1. The minimum atomic E-state index is -0.855. The summed E-state index contributed by atoms with van der Waals surface area (Å²) in [7, 11) is 1.26. The summed E-state index contributed by atoms with van der Waals surface area (Å²) in [5, 5.41) is 2.47. The fourth-order valence-corrected chi connectivity index (χ4v) is 1.72. The third-order valence-electron chi connectivity index (χ3n) is 2.71. The first kappa shape index (κ1) is 14.6. The fraction of sp³-hybridized carbons (Fsp3) is 0.214. The van der Waals surface area contributed by atoms with Crippen molar-refractivity contribution < 1.29 is 19.1 Å². The lowest BCUT2D eigenvalue weighted by Gasteiger charge is -2.15. The maximum absolute atomic E-state index is 11.8. The Kier molecular flexibility index (Phi) is 4.92. The van der Waals surface area contributed by atoms with Crippen molar-refractivity contribution in [3.63, 3.8) is 0 Å². The van der Waals surface area contributed by atoms with Gasteiger partial charge in [-0.15, -0.1) is 0 Å². The minimum Gasteiger partial charge on any atom is -0.467 e. The molecule has 1 atom stereocenters. The molecule has 0 radical (unpaired) electrons. The number of benzene rings is 1. The summed E-state index contributed by atoms with van der Waals surface area (Å²) in [6.07, 6.45) is 2.57. The number of hydrogen-bond donors (Lipinski definition) is 2. The number of rotatable bonds is 5. The normalized spacial score (nSPS) is 11.5. The second-order valence-corrected chi connectivity index (χ2v) is 4.20. The molecular formula is C14H15N3O4. The SMILES string of the molecule is COC(=O)[C@H](Cc1cnc[nH]1)NC(=O)Oc1ccccc1. The predicted octanol–water partition coefficient (Wildman–Crippen LogP) is 1.28. The molecule has 1 heterocycles. The highest BCUT2D eigenvalue weighted by Crippen LogP contribution is 2.09. The number of carbonyl (C=O) groups is 2. The first-order valence-electron chi connectivity index (χ1n) is 6.27. The molecule has 0 saturated heterocycles. The van der Waals surface area contributed by atoms with Crippen LogP contribution in [-0.2, 0) is 16.0 Å². The van der Waals surface area contributed by atoms with Crippen molar-refractivity contribution in [3.05, 3.63) is 48.5 Å². The van der Waals surface area contributed by atoms with E-state index in [1.54, 1.807) is 36.5 Å². The summed E-state index contributed by atoms with van der Waals surface area (Å²) < 4.78 is 9.74. The monoisotopic (exact) mass is 289 g/mol. The number of para-hydroxylation sites is 1. The van der Waals surface area contributed by atoms with E-state index in [0.717, 1.165) is 0 Å². The molecule has 7 heteroatoms. The van der Waals surface area contributed by atoms with Gasteiger partial charge in [-0.25, -0.2) is 14.6 Å². The maximum atomic E-state index is 11.8. The lowest BCUT2D eigenvalue weighted by Crippen LogP contribution is -2.44. The van der Waals surface area contributed by atoms with Gasteiger partial charge in [-0.3, -0.25) is 0 Å². The number of amides is 1. The van der Waals surface area contributed by atoms with Crippen molar-refractivity contribution >= 4 is 12.1 Å². The van der Waals surface area contributed by atoms with Crippen LogP contribution in [0.4, 0.5) is 4.79 Å². The molecule has 0 aliphatic rings. The van der Waals surface area contributed by atoms with Crippen LogP contribution in [0.3, 0.4) is 0 Å². The number of aromatic amines is 1. The molecule has 0 saturated carbocycles. The van der Waals surface area contributed by atoms with Crippen LogP contribution >= 0.6 is 0 Å². The van der Waals surface area contributed by atoms with Crippen LogP contribution in [0.1, 0.15) is 5.69 Å². The number of nitrogens with one attached hydrogen (secondary N) is 2. The van der Waals surface area contributed by atoms with Crippen LogP contribution in [0.5, 0.6) is 5.75 Å². The van der Waals surface area contributed by atoms with Crippen LogP contribution < -0.4 is 10.1 Å². The summed E-state index contributed by atoms with van der Waals surface area (Å²) in [5.74, 6) is -0.172.